The molecular weight excluding hydrogens is 228 g/mol. The van der Waals surface area contributed by atoms with Crippen molar-refractivity contribution >= 4 is 22.8 Å². The summed E-state index contributed by atoms with van der Waals surface area (Å²) in [4.78, 5) is 10.9. The Labute approximate surface area is 106 Å². The number of H-pyrrole nitrogens is 1. The number of nitrogens with one attached hydrogen (secondary N) is 1. The number of anilines is 2. The van der Waals surface area contributed by atoms with Crippen LogP contribution in [0.1, 0.15) is 26.7 Å². The zero-order valence-corrected chi connectivity index (χ0v) is 10.7. The summed E-state index contributed by atoms with van der Waals surface area (Å²) in [5.74, 6) is 1.89. The molecule has 18 heavy (non-hydrogen) atoms. The second-order valence-corrected chi connectivity index (χ2v) is 5.22. The predicted octanol–water partition coefficient (Wildman–Crippen LogP) is 1.56. The Morgan fingerprint density at radius 1 is 1.33 bits per heavy atom. The van der Waals surface area contributed by atoms with Gasteiger partial charge < -0.3 is 10.6 Å². The van der Waals surface area contributed by atoms with Crippen LogP contribution in [0.15, 0.2) is 6.20 Å². The van der Waals surface area contributed by atoms with E-state index < -0.39 is 0 Å². The molecule has 2 aromatic rings. The van der Waals surface area contributed by atoms with Gasteiger partial charge in [0.25, 0.3) is 0 Å². The summed E-state index contributed by atoms with van der Waals surface area (Å²) in [5.41, 5.74) is 6.49. The monoisotopic (exact) mass is 246 g/mol. The summed E-state index contributed by atoms with van der Waals surface area (Å²) in [5, 5.41) is 7.84. The maximum absolute atomic E-state index is 5.77. The second kappa shape index (κ2) is 4.12. The number of nitrogens with two attached hydrogens (primary N) is 1. The first kappa shape index (κ1) is 11.3. The van der Waals surface area contributed by atoms with Crippen molar-refractivity contribution in [3.05, 3.63) is 6.20 Å². The fourth-order valence-corrected chi connectivity index (χ4v) is 2.64. The molecule has 0 bridgehead atoms. The van der Waals surface area contributed by atoms with Crippen molar-refractivity contribution < 1.29 is 0 Å². The van der Waals surface area contributed by atoms with E-state index in [9.17, 15) is 0 Å². The third-order valence-corrected chi connectivity index (χ3v) is 3.70. The van der Waals surface area contributed by atoms with Gasteiger partial charge in [-0.2, -0.15) is 15.1 Å². The van der Waals surface area contributed by atoms with Gasteiger partial charge >= 0.3 is 0 Å². The molecule has 0 spiro atoms. The number of nitrogen functional groups attached to an aromatic ring is 1. The Kier molecular flexibility index (Phi) is 2.57. The zero-order chi connectivity index (χ0) is 12.7. The second-order valence-electron chi connectivity index (χ2n) is 5.22. The van der Waals surface area contributed by atoms with Crippen LogP contribution in [0.3, 0.4) is 0 Å². The van der Waals surface area contributed by atoms with Crippen molar-refractivity contribution in [2.45, 2.75) is 32.7 Å². The van der Waals surface area contributed by atoms with E-state index in [4.69, 9.17) is 5.73 Å². The topological polar surface area (TPSA) is 83.7 Å². The Balaban J connectivity index is 2.09. The van der Waals surface area contributed by atoms with Crippen LogP contribution in [-0.4, -0.2) is 32.8 Å². The smallest absolute Gasteiger partial charge is 0.224 e. The highest BCUT2D eigenvalue weighted by atomic mass is 15.3. The summed E-state index contributed by atoms with van der Waals surface area (Å²) in [6, 6.07) is 0.480. The van der Waals surface area contributed by atoms with Crippen molar-refractivity contribution in [1.82, 2.24) is 20.2 Å². The third-order valence-electron chi connectivity index (χ3n) is 3.70. The Morgan fingerprint density at radius 2 is 2.17 bits per heavy atom. The molecule has 0 saturated carbocycles. The van der Waals surface area contributed by atoms with Gasteiger partial charge in [0.15, 0.2) is 5.65 Å². The van der Waals surface area contributed by atoms with Crippen LogP contribution in [0.5, 0.6) is 0 Å². The van der Waals surface area contributed by atoms with Crippen LogP contribution in [0.2, 0.25) is 0 Å². The number of nitrogens with zero attached hydrogens (tertiary/aromatic N) is 4. The Morgan fingerprint density at radius 3 is 3.00 bits per heavy atom. The first-order valence-electron chi connectivity index (χ1n) is 6.38. The van der Waals surface area contributed by atoms with Crippen molar-refractivity contribution in [3.8, 4) is 0 Å². The largest absolute Gasteiger partial charge is 0.368 e. The lowest BCUT2D eigenvalue weighted by Crippen LogP contribution is -2.41. The van der Waals surface area contributed by atoms with Crippen molar-refractivity contribution in [2.75, 3.05) is 17.2 Å². The molecule has 6 nitrogen and oxygen atoms in total. The fraction of sp³-hybridized carbons (Fsp3) is 0.583. The maximum atomic E-state index is 5.77. The van der Waals surface area contributed by atoms with Gasteiger partial charge in [-0.05, 0) is 25.7 Å². The van der Waals surface area contributed by atoms with Gasteiger partial charge in [-0.1, -0.05) is 6.92 Å². The van der Waals surface area contributed by atoms with Crippen LogP contribution < -0.4 is 10.6 Å². The Hall–Kier alpha value is -1.85. The molecule has 6 heteroatoms. The average molecular weight is 246 g/mol. The summed E-state index contributed by atoms with van der Waals surface area (Å²) in [6.45, 7) is 5.52. The molecule has 96 valence electrons. The average Bonchev–Trinajstić information content (AvgIpc) is 2.79. The summed E-state index contributed by atoms with van der Waals surface area (Å²) >= 11 is 0. The zero-order valence-electron chi connectivity index (χ0n) is 10.7. The number of fused-ring (bicyclic) bond motifs is 1. The summed E-state index contributed by atoms with van der Waals surface area (Å²) in [6.07, 6.45) is 4.23. The van der Waals surface area contributed by atoms with E-state index in [1.54, 1.807) is 6.20 Å². The molecule has 1 saturated heterocycles. The number of piperidine rings is 1. The van der Waals surface area contributed by atoms with Crippen LogP contribution in [0.4, 0.5) is 11.8 Å². The highest BCUT2D eigenvalue weighted by molar-refractivity contribution is 5.87. The molecule has 2 atom stereocenters. The van der Waals surface area contributed by atoms with E-state index in [0.29, 0.717) is 23.6 Å². The van der Waals surface area contributed by atoms with Crippen LogP contribution in [0.25, 0.3) is 11.0 Å². The van der Waals surface area contributed by atoms with Crippen molar-refractivity contribution in [1.29, 1.82) is 0 Å². The first-order chi connectivity index (χ1) is 8.65. The molecule has 1 aliphatic heterocycles. The Bertz CT molecular complexity index is 563. The maximum Gasteiger partial charge on any atom is 0.224 e. The van der Waals surface area contributed by atoms with Gasteiger partial charge in [-0.3, -0.25) is 5.10 Å². The quantitative estimate of drug-likeness (QED) is 0.797. The lowest BCUT2D eigenvalue weighted by atomic mass is 9.95. The van der Waals surface area contributed by atoms with Crippen molar-refractivity contribution in [2.24, 2.45) is 5.92 Å². The van der Waals surface area contributed by atoms with Crippen molar-refractivity contribution in [3.63, 3.8) is 0 Å². The fourth-order valence-electron chi connectivity index (χ4n) is 2.64. The molecule has 3 N–H and O–H groups in total. The third kappa shape index (κ3) is 1.77. The molecule has 0 radical (unpaired) electrons. The lowest BCUT2D eigenvalue weighted by Gasteiger charge is -2.37. The highest BCUT2D eigenvalue weighted by Gasteiger charge is 2.26. The molecule has 3 rings (SSSR count). The molecule has 3 heterocycles. The van der Waals surface area contributed by atoms with E-state index in [1.165, 1.54) is 12.8 Å². The summed E-state index contributed by atoms with van der Waals surface area (Å²) in [7, 11) is 0. The van der Waals surface area contributed by atoms with Crippen LogP contribution >= 0.6 is 0 Å². The molecule has 2 aromatic heterocycles. The predicted molar refractivity (Wildman–Crippen MR) is 71.3 cm³/mol. The van der Waals surface area contributed by atoms with Gasteiger partial charge in [-0.25, -0.2) is 0 Å². The number of aromatic amines is 1. The number of hydrogen-bond acceptors (Lipinski definition) is 5. The van der Waals surface area contributed by atoms with Crippen LogP contribution in [0, 0.1) is 5.92 Å². The van der Waals surface area contributed by atoms with E-state index in [-0.39, 0.29) is 0 Å². The van der Waals surface area contributed by atoms with Crippen LogP contribution in [-0.2, 0) is 0 Å². The molecule has 1 aliphatic rings. The first-order valence-corrected chi connectivity index (χ1v) is 6.38. The number of aromatic nitrogens is 4. The van der Waals surface area contributed by atoms with E-state index in [0.717, 1.165) is 17.7 Å². The van der Waals surface area contributed by atoms with E-state index in [2.05, 4.69) is 38.9 Å². The minimum Gasteiger partial charge on any atom is -0.368 e. The normalized spacial score (nSPS) is 24.7. The molecule has 0 amide bonds. The molecule has 0 aliphatic carbocycles. The molecular formula is C12H18N6. The molecule has 1 fully saturated rings. The van der Waals surface area contributed by atoms with Gasteiger partial charge in [0.1, 0.15) is 5.82 Å². The van der Waals surface area contributed by atoms with Gasteiger partial charge in [0.2, 0.25) is 5.95 Å². The molecule has 2 unspecified atom stereocenters. The minimum atomic E-state index is 0.298. The number of hydrogen-bond donors (Lipinski definition) is 2. The number of rotatable bonds is 1. The SMILES string of the molecule is CC1CCC(C)N(c2nc(N)nc3[nH]ncc23)C1. The standard InChI is InChI=1S/C12H18N6/c1-7-3-4-8(2)18(6-7)11-9-5-14-17-10(9)15-12(13)16-11/h5,7-8H,3-4,6H2,1-2H3,(H3,13,14,15,16,17). The minimum absolute atomic E-state index is 0.298. The van der Waals surface area contributed by atoms with Gasteiger partial charge in [0, 0.05) is 12.6 Å². The van der Waals surface area contributed by atoms with Gasteiger partial charge in [-0.15, -0.1) is 0 Å². The highest BCUT2D eigenvalue weighted by Crippen LogP contribution is 2.30. The van der Waals surface area contributed by atoms with Gasteiger partial charge in [0.05, 0.1) is 11.6 Å². The van der Waals surface area contributed by atoms with E-state index >= 15 is 0 Å². The lowest BCUT2D eigenvalue weighted by molar-refractivity contribution is 0.389. The summed E-state index contributed by atoms with van der Waals surface area (Å²) < 4.78 is 0. The molecule has 0 aromatic carbocycles. The van der Waals surface area contributed by atoms with E-state index in [1.807, 2.05) is 0 Å².